The van der Waals surface area contributed by atoms with E-state index in [1.165, 1.54) is 46.8 Å². The number of ether oxygens (including phenoxy) is 1. The molecule has 8 heteroatoms. The average molecular weight is 423 g/mol. The molecule has 0 aliphatic heterocycles. The van der Waals surface area contributed by atoms with Crippen LogP contribution in [0.15, 0.2) is 47.4 Å². The largest absolute Gasteiger partial charge is 0.455 e. The van der Waals surface area contributed by atoms with Crippen LogP contribution in [-0.4, -0.2) is 31.7 Å². The Balaban J connectivity index is 2.47. The SMILES string of the molecule is CCC(C)C(=O)Nc1cc(S(=O)(=O)N(CC)CC)ccc1Oc1ccc(F)cc1. The van der Waals surface area contributed by atoms with E-state index in [9.17, 15) is 17.6 Å². The third-order valence-electron chi connectivity index (χ3n) is 4.65. The van der Waals surface area contributed by atoms with Gasteiger partial charge in [0.25, 0.3) is 0 Å². The van der Waals surface area contributed by atoms with Crippen molar-refractivity contribution in [2.75, 3.05) is 18.4 Å². The highest BCUT2D eigenvalue weighted by Gasteiger charge is 2.24. The summed E-state index contributed by atoms with van der Waals surface area (Å²) in [6, 6.07) is 9.74. The van der Waals surface area contributed by atoms with Gasteiger partial charge in [-0.2, -0.15) is 4.31 Å². The number of nitrogens with one attached hydrogen (secondary N) is 1. The predicted molar refractivity (Wildman–Crippen MR) is 111 cm³/mol. The molecule has 0 bridgehead atoms. The zero-order valence-electron chi connectivity index (χ0n) is 17.1. The molecule has 2 aromatic carbocycles. The summed E-state index contributed by atoms with van der Waals surface area (Å²) >= 11 is 0. The Morgan fingerprint density at radius 1 is 1.10 bits per heavy atom. The second kappa shape index (κ2) is 9.84. The van der Waals surface area contributed by atoms with Crippen LogP contribution >= 0.6 is 0 Å². The maximum Gasteiger partial charge on any atom is 0.243 e. The van der Waals surface area contributed by atoms with Gasteiger partial charge < -0.3 is 10.1 Å². The molecule has 2 aromatic rings. The number of halogens is 1. The summed E-state index contributed by atoms with van der Waals surface area (Å²) in [5.74, 6) is -0.259. The van der Waals surface area contributed by atoms with Crippen molar-refractivity contribution in [3.63, 3.8) is 0 Å². The fourth-order valence-corrected chi connectivity index (χ4v) is 4.12. The molecule has 158 valence electrons. The summed E-state index contributed by atoms with van der Waals surface area (Å²) in [5.41, 5.74) is 0.243. The molecule has 0 fully saturated rings. The van der Waals surface area contributed by atoms with Crippen LogP contribution in [0.5, 0.6) is 11.5 Å². The van der Waals surface area contributed by atoms with E-state index in [2.05, 4.69) is 5.32 Å². The fourth-order valence-electron chi connectivity index (χ4n) is 2.64. The lowest BCUT2D eigenvalue weighted by Crippen LogP contribution is -2.30. The number of nitrogens with zero attached hydrogens (tertiary/aromatic N) is 1. The molecule has 0 radical (unpaired) electrons. The minimum Gasteiger partial charge on any atom is -0.455 e. The molecule has 0 heterocycles. The first-order valence-electron chi connectivity index (χ1n) is 9.61. The monoisotopic (exact) mass is 422 g/mol. The van der Waals surface area contributed by atoms with Gasteiger partial charge >= 0.3 is 0 Å². The second-order valence-electron chi connectivity index (χ2n) is 6.60. The summed E-state index contributed by atoms with van der Waals surface area (Å²) in [7, 11) is -3.70. The number of carbonyl (C=O) groups is 1. The third kappa shape index (κ3) is 5.55. The minimum atomic E-state index is -3.70. The summed E-state index contributed by atoms with van der Waals surface area (Å²) in [5, 5.41) is 2.76. The van der Waals surface area contributed by atoms with Gasteiger partial charge in [-0.25, -0.2) is 12.8 Å². The van der Waals surface area contributed by atoms with Gasteiger partial charge in [0.05, 0.1) is 10.6 Å². The standard InChI is InChI=1S/C21H27FN2O4S/c1-5-15(4)21(25)23-19-14-18(29(26,27)24(6-2)7-3)12-13-20(19)28-17-10-8-16(22)9-11-17/h8-15H,5-7H2,1-4H3,(H,23,25). The van der Waals surface area contributed by atoms with Gasteiger partial charge in [0.2, 0.25) is 15.9 Å². The molecule has 1 unspecified atom stereocenters. The molecule has 1 amide bonds. The summed E-state index contributed by atoms with van der Waals surface area (Å²) in [4.78, 5) is 12.5. The van der Waals surface area contributed by atoms with Gasteiger partial charge in [-0.15, -0.1) is 0 Å². The second-order valence-corrected chi connectivity index (χ2v) is 8.54. The highest BCUT2D eigenvalue weighted by Crippen LogP contribution is 2.33. The number of hydrogen-bond acceptors (Lipinski definition) is 4. The van der Waals surface area contributed by atoms with E-state index in [0.717, 1.165) is 0 Å². The molecule has 0 spiro atoms. The molecular formula is C21H27FN2O4S. The average Bonchev–Trinajstić information content (AvgIpc) is 2.70. The number of hydrogen-bond donors (Lipinski definition) is 1. The van der Waals surface area contributed by atoms with E-state index in [1.807, 2.05) is 6.92 Å². The van der Waals surface area contributed by atoms with Crippen LogP contribution in [-0.2, 0) is 14.8 Å². The number of rotatable bonds is 9. The van der Waals surface area contributed by atoms with E-state index < -0.39 is 15.8 Å². The molecule has 0 aliphatic rings. The smallest absolute Gasteiger partial charge is 0.243 e. The molecule has 29 heavy (non-hydrogen) atoms. The van der Waals surface area contributed by atoms with Gasteiger partial charge in [-0.3, -0.25) is 4.79 Å². The molecule has 0 aromatic heterocycles. The molecule has 2 rings (SSSR count). The number of benzene rings is 2. The minimum absolute atomic E-state index is 0.0621. The normalized spacial score (nSPS) is 12.6. The van der Waals surface area contributed by atoms with E-state index in [1.54, 1.807) is 20.8 Å². The van der Waals surface area contributed by atoms with Crippen molar-refractivity contribution >= 4 is 21.6 Å². The number of anilines is 1. The first kappa shape index (κ1) is 22.8. The highest BCUT2D eigenvalue weighted by atomic mass is 32.2. The zero-order valence-corrected chi connectivity index (χ0v) is 17.9. The van der Waals surface area contributed by atoms with Crippen molar-refractivity contribution < 1.29 is 22.3 Å². The molecule has 0 saturated heterocycles. The van der Waals surface area contributed by atoms with E-state index in [4.69, 9.17) is 4.74 Å². The number of sulfonamides is 1. The summed E-state index contributed by atoms with van der Waals surface area (Å²) in [6.45, 7) is 7.87. The maximum absolute atomic E-state index is 13.1. The van der Waals surface area contributed by atoms with Crippen LogP contribution in [0.25, 0.3) is 0 Å². The molecular weight excluding hydrogens is 395 g/mol. The lowest BCUT2D eigenvalue weighted by molar-refractivity contribution is -0.119. The van der Waals surface area contributed by atoms with Crippen molar-refractivity contribution in [1.29, 1.82) is 0 Å². The van der Waals surface area contributed by atoms with Crippen LogP contribution in [0.1, 0.15) is 34.1 Å². The Morgan fingerprint density at radius 3 is 2.28 bits per heavy atom. The lowest BCUT2D eigenvalue weighted by Gasteiger charge is -2.20. The van der Waals surface area contributed by atoms with Gasteiger partial charge in [0.1, 0.15) is 11.6 Å². The van der Waals surface area contributed by atoms with Crippen molar-refractivity contribution in [2.24, 2.45) is 5.92 Å². The quantitative estimate of drug-likeness (QED) is 0.639. The fraction of sp³-hybridized carbons (Fsp3) is 0.381. The maximum atomic E-state index is 13.1. The Hall–Kier alpha value is -2.45. The zero-order chi connectivity index (χ0) is 21.6. The first-order chi connectivity index (χ1) is 13.7. The van der Waals surface area contributed by atoms with Gasteiger partial charge in [0, 0.05) is 19.0 Å². The van der Waals surface area contributed by atoms with Gasteiger partial charge in [-0.05, 0) is 48.9 Å². The lowest BCUT2D eigenvalue weighted by atomic mass is 10.1. The third-order valence-corrected chi connectivity index (χ3v) is 6.70. The van der Waals surface area contributed by atoms with E-state index in [-0.39, 0.29) is 28.2 Å². The van der Waals surface area contributed by atoms with Gasteiger partial charge in [0.15, 0.2) is 5.75 Å². The molecule has 0 saturated carbocycles. The van der Waals surface area contributed by atoms with Crippen LogP contribution in [0.4, 0.5) is 10.1 Å². The molecule has 0 aliphatic carbocycles. The van der Waals surface area contributed by atoms with Crippen LogP contribution in [0.3, 0.4) is 0 Å². The van der Waals surface area contributed by atoms with Crippen molar-refractivity contribution in [1.82, 2.24) is 4.31 Å². The van der Waals surface area contributed by atoms with E-state index in [0.29, 0.717) is 25.3 Å². The molecule has 1 N–H and O–H groups in total. The summed E-state index contributed by atoms with van der Waals surface area (Å²) < 4.78 is 46.0. The number of carbonyl (C=O) groups excluding carboxylic acids is 1. The van der Waals surface area contributed by atoms with Crippen LogP contribution in [0, 0.1) is 11.7 Å². The van der Waals surface area contributed by atoms with Gasteiger partial charge in [-0.1, -0.05) is 27.7 Å². The first-order valence-corrected chi connectivity index (χ1v) is 11.0. The van der Waals surface area contributed by atoms with Crippen molar-refractivity contribution in [3.8, 4) is 11.5 Å². The Bertz CT molecular complexity index is 942. The highest BCUT2D eigenvalue weighted by molar-refractivity contribution is 7.89. The number of amides is 1. The molecule has 6 nitrogen and oxygen atoms in total. The predicted octanol–water partition coefficient (Wildman–Crippen LogP) is 4.63. The Kier molecular flexibility index (Phi) is 7.75. The molecule has 1 atom stereocenters. The Morgan fingerprint density at radius 2 is 1.72 bits per heavy atom. The van der Waals surface area contributed by atoms with Crippen molar-refractivity contribution in [3.05, 3.63) is 48.3 Å². The van der Waals surface area contributed by atoms with Crippen LogP contribution < -0.4 is 10.1 Å². The van der Waals surface area contributed by atoms with Crippen molar-refractivity contribution in [2.45, 2.75) is 39.0 Å². The topological polar surface area (TPSA) is 75.7 Å². The summed E-state index contributed by atoms with van der Waals surface area (Å²) in [6.07, 6.45) is 0.636. The van der Waals surface area contributed by atoms with E-state index >= 15 is 0 Å². The Labute approximate surface area is 171 Å². The van der Waals surface area contributed by atoms with Crippen LogP contribution in [0.2, 0.25) is 0 Å².